The first-order chi connectivity index (χ1) is 11.5. The molecule has 0 bridgehead atoms. The Balaban J connectivity index is 3.03. The van der Waals surface area contributed by atoms with Gasteiger partial charge in [0.05, 0.1) is 13.2 Å². The van der Waals surface area contributed by atoms with Crippen LogP contribution in [0.25, 0.3) is 0 Å². The summed E-state index contributed by atoms with van der Waals surface area (Å²) in [5.74, 6) is -1.44. The van der Waals surface area contributed by atoms with Gasteiger partial charge in [0.15, 0.2) is 10.5 Å². The van der Waals surface area contributed by atoms with Crippen molar-refractivity contribution in [1.29, 1.82) is 0 Å². The van der Waals surface area contributed by atoms with Gasteiger partial charge in [-0.15, -0.1) is 0 Å². The Labute approximate surface area is 154 Å². The van der Waals surface area contributed by atoms with E-state index in [4.69, 9.17) is 9.47 Å². The summed E-state index contributed by atoms with van der Waals surface area (Å²) >= 11 is 4.24. The molecule has 7 heteroatoms. The highest BCUT2D eigenvalue weighted by Crippen LogP contribution is 2.35. The minimum absolute atomic E-state index is 0.127. The lowest BCUT2D eigenvalue weighted by Crippen LogP contribution is -2.44. The molecule has 0 radical (unpaired) electrons. The number of ether oxygens (including phenoxy) is 2. The van der Waals surface area contributed by atoms with Crippen molar-refractivity contribution in [2.75, 3.05) is 18.5 Å². The van der Waals surface area contributed by atoms with Gasteiger partial charge < -0.3 is 9.47 Å². The predicted molar refractivity (Wildman–Crippen MR) is 96.0 cm³/mol. The second-order valence-corrected chi connectivity index (χ2v) is 6.85. The van der Waals surface area contributed by atoms with Gasteiger partial charge in [0.2, 0.25) is 0 Å². The fourth-order valence-electron chi connectivity index (χ4n) is 2.12. The van der Waals surface area contributed by atoms with Gasteiger partial charge in [0, 0.05) is 16.6 Å². The molecule has 0 fully saturated rings. The molecular weight excluding hydrogens is 396 g/mol. The molecule has 1 aromatic rings. The van der Waals surface area contributed by atoms with E-state index < -0.39 is 17.4 Å². The number of rotatable bonds is 9. The average molecular weight is 417 g/mol. The highest BCUT2D eigenvalue weighted by atomic mass is 79.9. The summed E-state index contributed by atoms with van der Waals surface area (Å²) in [7, 11) is 0. The molecular formula is C17H21BrO5S. The minimum Gasteiger partial charge on any atom is -0.465 e. The Morgan fingerprint density at radius 1 is 1.04 bits per heavy atom. The first-order valence-electron chi connectivity index (χ1n) is 7.66. The summed E-state index contributed by atoms with van der Waals surface area (Å²) in [6.07, 6.45) is -0.137. The Morgan fingerprint density at radius 2 is 1.58 bits per heavy atom. The number of thioether (sulfide) groups is 1. The van der Waals surface area contributed by atoms with Gasteiger partial charge in [-0.05, 0) is 32.4 Å². The van der Waals surface area contributed by atoms with Gasteiger partial charge in [0.1, 0.15) is 0 Å². The second-order valence-electron chi connectivity index (χ2n) is 4.93. The maximum atomic E-state index is 12.5. The molecule has 0 atom stereocenters. The lowest BCUT2D eigenvalue weighted by Gasteiger charge is -2.27. The quantitative estimate of drug-likeness (QED) is 0.265. The fourth-order valence-corrected chi connectivity index (χ4v) is 3.67. The SMILES string of the molecule is CCOC(=O)C(CCBr)(CC(=O)Sc1ccccc1)C(=O)OCC. The van der Waals surface area contributed by atoms with Crippen molar-refractivity contribution < 1.29 is 23.9 Å². The van der Waals surface area contributed by atoms with E-state index >= 15 is 0 Å². The van der Waals surface area contributed by atoms with Crippen molar-refractivity contribution in [3.63, 3.8) is 0 Å². The summed E-state index contributed by atoms with van der Waals surface area (Å²) in [6.45, 7) is 3.57. The van der Waals surface area contributed by atoms with Gasteiger partial charge in [-0.2, -0.15) is 0 Å². The van der Waals surface area contributed by atoms with Crippen LogP contribution in [-0.2, 0) is 23.9 Å². The van der Waals surface area contributed by atoms with Gasteiger partial charge >= 0.3 is 11.9 Å². The van der Waals surface area contributed by atoms with Crippen LogP contribution in [0.15, 0.2) is 35.2 Å². The number of hydrogen-bond donors (Lipinski definition) is 0. The van der Waals surface area contributed by atoms with E-state index in [1.54, 1.807) is 26.0 Å². The number of alkyl halides is 1. The van der Waals surface area contributed by atoms with E-state index in [1.807, 2.05) is 18.2 Å². The monoisotopic (exact) mass is 416 g/mol. The maximum Gasteiger partial charge on any atom is 0.324 e. The number of carbonyl (C=O) groups is 3. The van der Waals surface area contributed by atoms with Gasteiger partial charge in [0.25, 0.3) is 0 Å². The van der Waals surface area contributed by atoms with Gasteiger partial charge in [-0.1, -0.05) is 45.9 Å². The number of benzene rings is 1. The minimum atomic E-state index is -1.62. The predicted octanol–water partition coefficient (Wildman–Crippen LogP) is 3.59. The highest BCUT2D eigenvalue weighted by molar-refractivity contribution is 9.09. The van der Waals surface area contributed by atoms with Crippen molar-refractivity contribution in [1.82, 2.24) is 0 Å². The Morgan fingerprint density at radius 3 is 2.04 bits per heavy atom. The van der Waals surface area contributed by atoms with E-state index in [9.17, 15) is 14.4 Å². The molecule has 0 saturated carbocycles. The largest absolute Gasteiger partial charge is 0.465 e. The Hall–Kier alpha value is -1.34. The van der Waals surface area contributed by atoms with Crippen LogP contribution >= 0.6 is 27.7 Å². The molecule has 0 N–H and O–H groups in total. The molecule has 0 saturated heterocycles. The van der Waals surface area contributed by atoms with E-state index in [-0.39, 0.29) is 31.2 Å². The van der Waals surface area contributed by atoms with E-state index in [0.29, 0.717) is 5.33 Å². The van der Waals surface area contributed by atoms with Crippen LogP contribution in [0.4, 0.5) is 0 Å². The van der Waals surface area contributed by atoms with Crippen LogP contribution in [0, 0.1) is 5.41 Å². The molecule has 132 valence electrons. The molecule has 0 unspecified atom stereocenters. The highest BCUT2D eigenvalue weighted by Gasteiger charge is 2.50. The first kappa shape index (κ1) is 20.7. The van der Waals surface area contributed by atoms with E-state index in [2.05, 4.69) is 15.9 Å². The molecule has 0 heterocycles. The van der Waals surface area contributed by atoms with Crippen molar-refractivity contribution in [2.45, 2.75) is 31.6 Å². The summed E-state index contributed by atoms with van der Waals surface area (Å²) in [6, 6.07) is 9.07. The zero-order valence-electron chi connectivity index (χ0n) is 13.7. The number of hydrogen-bond acceptors (Lipinski definition) is 6. The van der Waals surface area contributed by atoms with Crippen molar-refractivity contribution >= 4 is 44.7 Å². The molecule has 0 amide bonds. The summed E-state index contributed by atoms with van der Waals surface area (Å²) < 4.78 is 10.1. The van der Waals surface area contributed by atoms with Crippen LogP contribution in [0.2, 0.25) is 0 Å². The number of esters is 2. The van der Waals surface area contributed by atoms with Gasteiger partial charge in [-0.3, -0.25) is 14.4 Å². The lowest BCUT2D eigenvalue weighted by molar-refractivity contribution is -0.173. The Bertz CT molecular complexity index is 543. The van der Waals surface area contributed by atoms with Crippen LogP contribution < -0.4 is 0 Å². The molecule has 0 aromatic heterocycles. The molecule has 0 aliphatic carbocycles. The summed E-state index contributed by atoms with van der Waals surface area (Å²) in [5.41, 5.74) is -1.62. The van der Waals surface area contributed by atoms with E-state index in [0.717, 1.165) is 16.7 Å². The van der Waals surface area contributed by atoms with Crippen molar-refractivity contribution in [2.24, 2.45) is 5.41 Å². The Kier molecular flexibility index (Phi) is 9.07. The number of halogens is 1. The standard InChI is InChI=1S/C17H21BrO5S/c1-3-22-15(20)17(10-11-18,16(21)23-4-2)12-14(19)24-13-8-6-5-7-9-13/h5-9H,3-4,10-12H2,1-2H3. The molecule has 5 nitrogen and oxygen atoms in total. The third-order valence-corrected chi connectivity index (χ3v) is 4.55. The van der Waals surface area contributed by atoms with E-state index in [1.165, 1.54) is 0 Å². The van der Waals surface area contributed by atoms with Crippen molar-refractivity contribution in [3.8, 4) is 0 Å². The van der Waals surface area contributed by atoms with Crippen LogP contribution in [0.1, 0.15) is 26.7 Å². The molecule has 0 aliphatic heterocycles. The maximum absolute atomic E-state index is 12.5. The summed E-state index contributed by atoms with van der Waals surface area (Å²) in [5, 5.41) is 0.0803. The average Bonchev–Trinajstić information content (AvgIpc) is 2.55. The lowest BCUT2D eigenvalue weighted by atomic mass is 9.82. The molecule has 0 spiro atoms. The zero-order chi connectivity index (χ0) is 18.0. The topological polar surface area (TPSA) is 69.7 Å². The van der Waals surface area contributed by atoms with Crippen LogP contribution in [-0.4, -0.2) is 35.6 Å². The molecule has 24 heavy (non-hydrogen) atoms. The van der Waals surface area contributed by atoms with Gasteiger partial charge in [-0.25, -0.2) is 0 Å². The normalized spacial score (nSPS) is 11.0. The molecule has 1 rings (SSSR count). The number of carbonyl (C=O) groups excluding carboxylic acids is 3. The second kappa shape index (κ2) is 10.5. The third-order valence-electron chi connectivity index (χ3n) is 3.27. The molecule has 0 aliphatic rings. The summed E-state index contributed by atoms with van der Waals surface area (Å²) in [4.78, 5) is 38.1. The zero-order valence-corrected chi connectivity index (χ0v) is 16.2. The third kappa shape index (κ3) is 5.63. The fraction of sp³-hybridized carbons (Fsp3) is 0.471. The van der Waals surface area contributed by atoms with Crippen LogP contribution in [0.5, 0.6) is 0 Å². The van der Waals surface area contributed by atoms with Crippen LogP contribution in [0.3, 0.4) is 0 Å². The smallest absolute Gasteiger partial charge is 0.324 e. The first-order valence-corrected chi connectivity index (χ1v) is 9.60. The van der Waals surface area contributed by atoms with Crippen molar-refractivity contribution in [3.05, 3.63) is 30.3 Å². The molecule has 1 aromatic carbocycles.